The van der Waals surface area contributed by atoms with Crippen molar-refractivity contribution in [1.82, 2.24) is 4.90 Å². The summed E-state index contributed by atoms with van der Waals surface area (Å²) in [4.78, 5) is 23.6. The third kappa shape index (κ3) is 3.92. The van der Waals surface area contributed by atoms with Crippen LogP contribution in [0.4, 0.5) is 0 Å². The number of hydrogen-bond acceptors (Lipinski definition) is 3. The molecule has 98 valence electrons. The Balaban J connectivity index is 2.65. The first-order valence-corrected chi connectivity index (χ1v) is 5.75. The number of rotatable bonds is 5. The summed E-state index contributed by atoms with van der Waals surface area (Å²) < 4.78 is 0. The number of amides is 1. The number of phenols is 1. The highest BCUT2D eigenvalue weighted by Crippen LogP contribution is 2.22. The summed E-state index contributed by atoms with van der Waals surface area (Å²) in [5.41, 5.74) is 0.150. The smallest absolute Gasteiger partial charge is 0.303 e. The SMILES string of the molecule is CN(CCCC(=O)O)C(=O)c1ccc(Cl)cc1O. The molecule has 0 unspecified atom stereocenters. The maximum atomic E-state index is 11.9. The van der Waals surface area contributed by atoms with Gasteiger partial charge in [-0.3, -0.25) is 9.59 Å². The van der Waals surface area contributed by atoms with Crippen molar-refractivity contribution in [2.75, 3.05) is 13.6 Å². The maximum absolute atomic E-state index is 11.9. The first kappa shape index (κ1) is 14.3. The van der Waals surface area contributed by atoms with Gasteiger partial charge < -0.3 is 15.1 Å². The van der Waals surface area contributed by atoms with Crippen LogP contribution < -0.4 is 0 Å². The van der Waals surface area contributed by atoms with Gasteiger partial charge in [0.05, 0.1) is 5.56 Å². The third-order valence-corrected chi connectivity index (χ3v) is 2.66. The van der Waals surface area contributed by atoms with Crippen LogP contribution in [0, 0.1) is 0 Å². The van der Waals surface area contributed by atoms with Crippen molar-refractivity contribution in [2.45, 2.75) is 12.8 Å². The zero-order chi connectivity index (χ0) is 13.7. The number of carbonyl (C=O) groups excluding carboxylic acids is 1. The van der Waals surface area contributed by atoms with Gasteiger partial charge in [-0.25, -0.2) is 0 Å². The lowest BCUT2D eigenvalue weighted by Crippen LogP contribution is -2.28. The lowest BCUT2D eigenvalue weighted by molar-refractivity contribution is -0.137. The zero-order valence-corrected chi connectivity index (χ0v) is 10.6. The van der Waals surface area contributed by atoms with Gasteiger partial charge in [-0.2, -0.15) is 0 Å². The molecule has 1 aromatic carbocycles. The average Bonchev–Trinajstić information content (AvgIpc) is 2.27. The molecule has 1 aromatic rings. The summed E-state index contributed by atoms with van der Waals surface area (Å²) in [7, 11) is 1.55. The number of hydrogen-bond donors (Lipinski definition) is 2. The molecule has 6 heteroatoms. The molecule has 1 rings (SSSR count). The van der Waals surface area contributed by atoms with E-state index in [1.165, 1.54) is 23.1 Å². The van der Waals surface area contributed by atoms with Crippen molar-refractivity contribution in [3.8, 4) is 5.75 Å². The summed E-state index contributed by atoms with van der Waals surface area (Å²) in [6, 6.07) is 4.24. The second-order valence-electron chi connectivity index (χ2n) is 3.89. The predicted molar refractivity (Wildman–Crippen MR) is 66.9 cm³/mol. The van der Waals surface area contributed by atoms with Gasteiger partial charge in [0.2, 0.25) is 0 Å². The molecule has 0 radical (unpaired) electrons. The highest BCUT2D eigenvalue weighted by atomic mass is 35.5. The van der Waals surface area contributed by atoms with Crippen LogP contribution in [0.1, 0.15) is 23.2 Å². The molecule has 0 heterocycles. The van der Waals surface area contributed by atoms with Gasteiger partial charge in [0.15, 0.2) is 0 Å². The van der Waals surface area contributed by atoms with Crippen molar-refractivity contribution in [3.05, 3.63) is 28.8 Å². The fourth-order valence-corrected chi connectivity index (χ4v) is 1.63. The van der Waals surface area contributed by atoms with Crippen molar-refractivity contribution >= 4 is 23.5 Å². The summed E-state index contributed by atoms with van der Waals surface area (Å²) >= 11 is 5.67. The van der Waals surface area contributed by atoms with E-state index < -0.39 is 5.97 Å². The van der Waals surface area contributed by atoms with E-state index >= 15 is 0 Å². The number of aliphatic carboxylic acids is 1. The molecular weight excluding hydrogens is 258 g/mol. The molecule has 0 bridgehead atoms. The van der Waals surface area contributed by atoms with Crippen LogP contribution >= 0.6 is 11.6 Å². The Morgan fingerprint density at radius 1 is 1.39 bits per heavy atom. The van der Waals surface area contributed by atoms with Gasteiger partial charge in [0.25, 0.3) is 5.91 Å². The average molecular weight is 272 g/mol. The minimum absolute atomic E-state index is 0.00419. The number of benzene rings is 1. The highest BCUT2D eigenvalue weighted by Gasteiger charge is 2.15. The zero-order valence-electron chi connectivity index (χ0n) is 9.89. The van der Waals surface area contributed by atoms with E-state index in [1.807, 2.05) is 0 Å². The van der Waals surface area contributed by atoms with E-state index in [9.17, 15) is 14.7 Å². The van der Waals surface area contributed by atoms with Crippen LogP contribution in [-0.4, -0.2) is 40.6 Å². The maximum Gasteiger partial charge on any atom is 0.303 e. The van der Waals surface area contributed by atoms with Gasteiger partial charge in [0.1, 0.15) is 5.75 Å². The van der Waals surface area contributed by atoms with Crippen molar-refractivity contribution < 1.29 is 19.8 Å². The van der Waals surface area contributed by atoms with Gasteiger partial charge in [0, 0.05) is 25.0 Å². The van der Waals surface area contributed by atoms with Gasteiger partial charge >= 0.3 is 5.97 Å². The summed E-state index contributed by atoms with van der Waals surface area (Å²) in [6.07, 6.45) is 0.371. The van der Waals surface area contributed by atoms with E-state index in [0.29, 0.717) is 18.0 Å². The fourth-order valence-electron chi connectivity index (χ4n) is 1.46. The Morgan fingerprint density at radius 3 is 2.61 bits per heavy atom. The number of carboxylic acids is 1. The topological polar surface area (TPSA) is 77.8 Å². The molecule has 0 aliphatic heterocycles. The van der Waals surface area contributed by atoms with E-state index in [-0.39, 0.29) is 23.6 Å². The molecule has 1 amide bonds. The van der Waals surface area contributed by atoms with Crippen LogP contribution in [-0.2, 0) is 4.79 Å². The fraction of sp³-hybridized carbons (Fsp3) is 0.333. The molecule has 0 spiro atoms. The number of halogens is 1. The monoisotopic (exact) mass is 271 g/mol. The van der Waals surface area contributed by atoms with E-state index in [1.54, 1.807) is 7.05 Å². The van der Waals surface area contributed by atoms with E-state index in [0.717, 1.165) is 0 Å². The number of aromatic hydroxyl groups is 1. The Labute approximate surface area is 110 Å². The molecule has 0 saturated heterocycles. The lowest BCUT2D eigenvalue weighted by Gasteiger charge is -2.17. The van der Waals surface area contributed by atoms with Gasteiger partial charge in [-0.1, -0.05) is 11.6 Å². The second-order valence-corrected chi connectivity index (χ2v) is 4.32. The molecule has 0 atom stereocenters. The van der Waals surface area contributed by atoms with Crippen LogP contribution in [0.5, 0.6) is 5.75 Å². The first-order valence-electron chi connectivity index (χ1n) is 5.37. The molecule has 18 heavy (non-hydrogen) atoms. The Kier molecular flexibility index (Phi) is 4.97. The van der Waals surface area contributed by atoms with E-state index in [4.69, 9.17) is 16.7 Å². The number of carboxylic acid groups (broad SMARTS) is 1. The molecular formula is C12H14ClNO4. The van der Waals surface area contributed by atoms with Crippen molar-refractivity contribution in [2.24, 2.45) is 0 Å². The summed E-state index contributed by atoms with van der Waals surface area (Å²) in [6.45, 7) is 0.313. The molecule has 0 aromatic heterocycles. The number of carbonyl (C=O) groups is 2. The molecule has 0 fully saturated rings. The first-order chi connectivity index (χ1) is 8.41. The number of phenolic OH excluding ortho intramolecular Hbond substituents is 1. The second kappa shape index (κ2) is 6.26. The number of nitrogens with zero attached hydrogens (tertiary/aromatic N) is 1. The molecule has 0 saturated carbocycles. The highest BCUT2D eigenvalue weighted by molar-refractivity contribution is 6.30. The summed E-state index contributed by atoms with van der Waals surface area (Å²) in [5.74, 6) is -1.45. The third-order valence-electron chi connectivity index (χ3n) is 2.42. The van der Waals surface area contributed by atoms with Gasteiger partial charge in [-0.05, 0) is 24.6 Å². The Morgan fingerprint density at radius 2 is 2.06 bits per heavy atom. The van der Waals surface area contributed by atoms with Gasteiger partial charge in [-0.15, -0.1) is 0 Å². The normalized spacial score (nSPS) is 10.1. The lowest BCUT2D eigenvalue weighted by atomic mass is 10.1. The molecule has 0 aliphatic rings. The molecule has 0 aliphatic carbocycles. The Bertz CT molecular complexity index is 461. The summed E-state index contributed by atoms with van der Waals surface area (Å²) in [5, 5.41) is 18.4. The van der Waals surface area contributed by atoms with Crippen molar-refractivity contribution in [1.29, 1.82) is 0 Å². The minimum Gasteiger partial charge on any atom is -0.507 e. The molecule has 2 N–H and O–H groups in total. The Hall–Kier alpha value is -1.75. The standard InChI is InChI=1S/C12H14ClNO4/c1-14(6-2-3-11(16)17)12(18)9-5-4-8(13)7-10(9)15/h4-5,7,15H,2-3,6H2,1H3,(H,16,17). The van der Waals surface area contributed by atoms with Crippen LogP contribution in [0.3, 0.4) is 0 Å². The predicted octanol–water partition coefficient (Wildman–Crippen LogP) is 1.98. The quantitative estimate of drug-likeness (QED) is 0.858. The van der Waals surface area contributed by atoms with Crippen LogP contribution in [0.25, 0.3) is 0 Å². The largest absolute Gasteiger partial charge is 0.507 e. The molecule has 5 nitrogen and oxygen atoms in total. The van der Waals surface area contributed by atoms with Crippen LogP contribution in [0.2, 0.25) is 5.02 Å². The minimum atomic E-state index is -0.898. The van der Waals surface area contributed by atoms with Crippen molar-refractivity contribution in [3.63, 3.8) is 0 Å². The van der Waals surface area contributed by atoms with Crippen LogP contribution in [0.15, 0.2) is 18.2 Å². The van der Waals surface area contributed by atoms with E-state index in [2.05, 4.69) is 0 Å².